The van der Waals surface area contributed by atoms with Crippen LogP contribution in [0.25, 0.3) is 6.08 Å². The second kappa shape index (κ2) is 11.4. The predicted molar refractivity (Wildman–Crippen MR) is 145 cm³/mol. The summed E-state index contributed by atoms with van der Waals surface area (Å²) in [4.78, 5) is 23.8. The van der Waals surface area contributed by atoms with Crippen molar-refractivity contribution in [3.8, 4) is 0 Å². The van der Waals surface area contributed by atoms with Gasteiger partial charge in [-0.05, 0) is 80.3 Å². The third kappa shape index (κ3) is 5.89. The Hall–Kier alpha value is -2.92. The molecule has 194 valence electrons. The molecule has 1 aliphatic rings. The number of carboxylic acids is 1. The van der Waals surface area contributed by atoms with Crippen LogP contribution < -0.4 is 5.32 Å². The van der Waals surface area contributed by atoms with E-state index in [0.29, 0.717) is 5.56 Å². The number of amides is 1. The van der Waals surface area contributed by atoms with Gasteiger partial charge >= 0.3 is 5.97 Å². The summed E-state index contributed by atoms with van der Waals surface area (Å²) in [6.45, 7) is 9.85. The number of carboxylic acid groups (broad SMARTS) is 1. The minimum Gasteiger partial charge on any atom is -0.480 e. The van der Waals surface area contributed by atoms with Crippen molar-refractivity contribution >= 4 is 18.0 Å². The summed E-state index contributed by atoms with van der Waals surface area (Å²) >= 11 is 0. The summed E-state index contributed by atoms with van der Waals surface area (Å²) in [5.41, 5.74) is 5.09. The lowest BCUT2D eigenvalue weighted by molar-refractivity contribution is -0.138. The zero-order chi connectivity index (χ0) is 26.5. The molecule has 0 heterocycles. The highest BCUT2D eigenvalue weighted by Gasteiger charge is 2.32. The third-order valence-corrected chi connectivity index (χ3v) is 8.06. The van der Waals surface area contributed by atoms with Gasteiger partial charge in [0, 0.05) is 11.0 Å². The van der Waals surface area contributed by atoms with Crippen LogP contribution in [0.4, 0.5) is 0 Å². The number of nitrogens with one attached hydrogen (secondary N) is 1. The maximum atomic E-state index is 12.6. The topological polar surface area (TPSA) is 86.6 Å². The van der Waals surface area contributed by atoms with Crippen LogP contribution in [0.1, 0.15) is 104 Å². The average Bonchev–Trinajstić information content (AvgIpc) is 2.85. The van der Waals surface area contributed by atoms with Gasteiger partial charge in [-0.15, -0.1) is 0 Å². The molecule has 0 spiro atoms. The van der Waals surface area contributed by atoms with Gasteiger partial charge in [0.2, 0.25) is 0 Å². The predicted octanol–water partition coefficient (Wildman–Crippen LogP) is 6.32. The maximum Gasteiger partial charge on any atom is 0.325 e. The zero-order valence-corrected chi connectivity index (χ0v) is 22.4. The van der Waals surface area contributed by atoms with E-state index < -0.39 is 17.6 Å². The quantitative estimate of drug-likeness (QED) is 0.383. The van der Waals surface area contributed by atoms with Gasteiger partial charge in [-0.2, -0.15) is 0 Å². The lowest BCUT2D eigenvalue weighted by Gasteiger charge is -2.34. The van der Waals surface area contributed by atoms with Gasteiger partial charge in [0.25, 0.3) is 5.91 Å². The van der Waals surface area contributed by atoms with E-state index in [1.165, 1.54) is 24.5 Å². The fourth-order valence-electron chi connectivity index (χ4n) is 5.52. The van der Waals surface area contributed by atoms with Crippen molar-refractivity contribution < 1.29 is 19.8 Å². The highest BCUT2D eigenvalue weighted by molar-refractivity contribution is 5.97. The highest BCUT2D eigenvalue weighted by atomic mass is 16.4. The minimum atomic E-state index is -1.06. The lowest BCUT2D eigenvalue weighted by atomic mass is 9.69. The molecule has 0 bridgehead atoms. The van der Waals surface area contributed by atoms with Gasteiger partial charge in [-0.25, -0.2) is 0 Å². The number of aliphatic carboxylic acids is 1. The second-order valence-corrected chi connectivity index (χ2v) is 10.4. The summed E-state index contributed by atoms with van der Waals surface area (Å²) in [5, 5.41) is 22.5. The number of hydrogen-bond acceptors (Lipinski definition) is 3. The number of carbonyl (C=O) groups is 2. The molecule has 1 amide bonds. The molecule has 1 aliphatic carbocycles. The van der Waals surface area contributed by atoms with Crippen molar-refractivity contribution in [3.05, 3.63) is 75.9 Å². The first-order valence-electron chi connectivity index (χ1n) is 13.2. The second-order valence-electron chi connectivity index (χ2n) is 10.4. The number of hydrogen-bond donors (Lipinski definition) is 3. The molecule has 1 fully saturated rings. The summed E-state index contributed by atoms with van der Waals surface area (Å²) < 4.78 is 0. The molecule has 36 heavy (non-hydrogen) atoms. The molecule has 0 aliphatic heterocycles. The van der Waals surface area contributed by atoms with Crippen molar-refractivity contribution in [1.29, 1.82) is 0 Å². The first-order valence-corrected chi connectivity index (χ1v) is 13.2. The van der Waals surface area contributed by atoms with Crippen LogP contribution in [0, 0.1) is 13.8 Å². The van der Waals surface area contributed by atoms with Crippen LogP contribution in [0.3, 0.4) is 0 Å². The van der Waals surface area contributed by atoms with Crippen LogP contribution in [0.5, 0.6) is 0 Å². The normalized spacial score (nSPS) is 16.6. The van der Waals surface area contributed by atoms with Crippen LogP contribution in [-0.2, 0) is 10.2 Å². The van der Waals surface area contributed by atoms with Gasteiger partial charge in [0.05, 0.1) is 5.60 Å². The molecule has 0 aromatic heterocycles. The Balaban J connectivity index is 1.91. The minimum absolute atomic E-state index is 0.206. The first kappa shape index (κ1) is 27.7. The van der Waals surface area contributed by atoms with Crippen LogP contribution >= 0.6 is 0 Å². The van der Waals surface area contributed by atoms with Crippen LogP contribution in [-0.4, -0.2) is 33.7 Å². The van der Waals surface area contributed by atoms with Gasteiger partial charge in [0.1, 0.15) is 6.04 Å². The number of benzene rings is 2. The number of rotatable bonds is 9. The largest absolute Gasteiger partial charge is 0.480 e. The van der Waals surface area contributed by atoms with E-state index in [-0.39, 0.29) is 11.3 Å². The first-order chi connectivity index (χ1) is 17.0. The summed E-state index contributed by atoms with van der Waals surface area (Å²) in [6, 6.07) is 11.5. The van der Waals surface area contributed by atoms with Gasteiger partial charge in [-0.3, -0.25) is 9.59 Å². The van der Waals surface area contributed by atoms with Crippen LogP contribution in [0.15, 0.2) is 42.5 Å². The van der Waals surface area contributed by atoms with Gasteiger partial charge in [0.15, 0.2) is 0 Å². The molecule has 3 rings (SSSR count). The summed E-state index contributed by atoms with van der Waals surface area (Å²) in [5.74, 6) is -1.44. The maximum absolute atomic E-state index is 12.6. The highest BCUT2D eigenvalue weighted by Crippen LogP contribution is 2.40. The third-order valence-electron chi connectivity index (χ3n) is 8.06. The molecule has 0 saturated heterocycles. The van der Waals surface area contributed by atoms with E-state index in [4.69, 9.17) is 5.11 Å². The van der Waals surface area contributed by atoms with Crippen LogP contribution in [0.2, 0.25) is 0 Å². The molecule has 5 nitrogen and oxygen atoms in total. The Kier molecular flexibility index (Phi) is 8.78. The Labute approximate surface area is 215 Å². The van der Waals surface area contributed by atoms with Gasteiger partial charge < -0.3 is 15.5 Å². The van der Waals surface area contributed by atoms with Crippen molar-refractivity contribution in [2.45, 2.75) is 96.6 Å². The van der Waals surface area contributed by atoms with Crippen molar-refractivity contribution in [3.63, 3.8) is 0 Å². The smallest absolute Gasteiger partial charge is 0.325 e. The molecule has 5 heteroatoms. The molecule has 2 aromatic rings. The Morgan fingerprint density at radius 3 is 2.11 bits per heavy atom. The fraction of sp³-hybridized carbons (Fsp3) is 0.484. The fourth-order valence-corrected chi connectivity index (χ4v) is 5.52. The molecule has 1 saturated carbocycles. The number of aliphatic hydroxyl groups is 1. The van der Waals surface area contributed by atoms with Crippen molar-refractivity contribution in [1.82, 2.24) is 5.32 Å². The summed E-state index contributed by atoms with van der Waals surface area (Å²) in [7, 11) is 0. The van der Waals surface area contributed by atoms with Crippen molar-refractivity contribution in [2.75, 3.05) is 0 Å². The Morgan fingerprint density at radius 1 is 1.00 bits per heavy atom. The lowest BCUT2D eigenvalue weighted by Crippen LogP contribution is -2.38. The van der Waals surface area contributed by atoms with E-state index in [0.717, 1.165) is 55.2 Å². The molecule has 1 atom stereocenters. The monoisotopic (exact) mass is 491 g/mol. The Bertz CT molecular complexity index is 1120. The molecule has 1 unspecified atom stereocenters. The molecule has 3 N–H and O–H groups in total. The van der Waals surface area contributed by atoms with E-state index in [1.807, 2.05) is 25.1 Å². The van der Waals surface area contributed by atoms with E-state index in [2.05, 4.69) is 56.4 Å². The van der Waals surface area contributed by atoms with E-state index in [9.17, 15) is 14.7 Å². The van der Waals surface area contributed by atoms with E-state index >= 15 is 0 Å². The van der Waals surface area contributed by atoms with Crippen molar-refractivity contribution in [2.24, 2.45) is 0 Å². The number of carbonyl (C=O) groups excluding carboxylic acids is 1. The average molecular weight is 492 g/mol. The molecular weight excluding hydrogens is 450 g/mol. The SMILES string of the molecule is CCC(CC)(c1ccc(C=CC2(O)CCCCC2)c(C)c1)c1ccc(C(=O)NC(C)C(=O)O)c(C)c1. The van der Waals surface area contributed by atoms with Gasteiger partial charge in [-0.1, -0.05) is 75.6 Å². The van der Waals surface area contributed by atoms with E-state index in [1.54, 1.807) is 0 Å². The molecule has 2 aromatic carbocycles. The standard InChI is InChI=1S/C31H41NO4/c1-6-31(7-2,26-13-14-27(22(4)20-26)28(33)32-23(5)29(34)35)25-12-11-24(21(3)19-25)15-18-30(36)16-9-8-10-17-30/h11-15,18-20,23,36H,6-10,16-17H2,1-5H3,(H,32,33)(H,34,35). The molecular formula is C31H41NO4. The number of aryl methyl sites for hydroxylation is 2. The Morgan fingerprint density at radius 2 is 1.58 bits per heavy atom. The summed E-state index contributed by atoms with van der Waals surface area (Å²) in [6.07, 6.45) is 10.9. The molecule has 0 radical (unpaired) electrons. The zero-order valence-electron chi connectivity index (χ0n) is 22.4.